The second kappa shape index (κ2) is 9.59. The lowest BCUT2D eigenvalue weighted by Crippen LogP contribution is -2.19. The monoisotopic (exact) mass is 416 g/mol. The summed E-state index contributed by atoms with van der Waals surface area (Å²) in [6, 6.07) is 14.4. The summed E-state index contributed by atoms with van der Waals surface area (Å²) in [7, 11) is 0. The van der Waals surface area contributed by atoms with Crippen molar-refractivity contribution in [2.24, 2.45) is 0 Å². The summed E-state index contributed by atoms with van der Waals surface area (Å²) in [6.45, 7) is 13.6. The second-order valence-corrected chi connectivity index (χ2v) is 9.60. The van der Waals surface area contributed by atoms with Crippen molar-refractivity contribution in [3.63, 3.8) is 0 Å². The molecule has 0 saturated carbocycles. The molecule has 3 rings (SSSR count). The lowest BCUT2D eigenvalue weighted by Gasteiger charge is -2.27. The zero-order valence-electron chi connectivity index (χ0n) is 19.9. The van der Waals surface area contributed by atoms with E-state index in [1.165, 1.54) is 11.1 Å². The molecule has 0 saturated heterocycles. The first-order chi connectivity index (χ1) is 14.8. The van der Waals surface area contributed by atoms with Crippen LogP contribution in [0.3, 0.4) is 0 Å². The summed E-state index contributed by atoms with van der Waals surface area (Å²) in [5.74, 6) is 2.45. The minimum atomic E-state index is 0.112. The first kappa shape index (κ1) is 22.9. The third-order valence-electron chi connectivity index (χ3n) is 6.15. The fourth-order valence-electron chi connectivity index (χ4n) is 4.21. The van der Waals surface area contributed by atoms with Crippen molar-refractivity contribution in [1.29, 1.82) is 0 Å². The first-order valence-electron chi connectivity index (χ1n) is 11.4. The molecule has 0 radical (unpaired) electrons. The van der Waals surface area contributed by atoms with Gasteiger partial charge in [-0.1, -0.05) is 72.6 Å². The molecule has 3 aromatic rings. The summed E-state index contributed by atoms with van der Waals surface area (Å²) in [6.07, 6.45) is 10.4. The smallest absolute Gasteiger partial charge is 0.139 e. The van der Waals surface area contributed by atoms with Crippen molar-refractivity contribution < 1.29 is 0 Å². The Morgan fingerprint density at radius 3 is 1.48 bits per heavy atom. The SMILES string of the molecule is CCCC(C)(C)c1ccc(N(c2ccccn2)c2ccc(C(C)(C)CCC)cn2)nc1. The number of pyridine rings is 3. The van der Waals surface area contributed by atoms with Gasteiger partial charge in [0.05, 0.1) is 0 Å². The fourth-order valence-corrected chi connectivity index (χ4v) is 4.21. The van der Waals surface area contributed by atoms with Crippen LogP contribution < -0.4 is 4.90 Å². The minimum absolute atomic E-state index is 0.112. The van der Waals surface area contributed by atoms with E-state index in [4.69, 9.17) is 9.97 Å². The number of nitrogens with zero attached hydrogens (tertiary/aromatic N) is 4. The highest BCUT2D eigenvalue weighted by Gasteiger charge is 2.23. The maximum absolute atomic E-state index is 4.83. The maximum atomic E-state index is 4.83. The molecule has 0 fully saturated rings. The molecule has 0 aliphatic carbocycles. The van der Waals surface area contributed by atoms with Gasteiger partial charge in [0.25, 0.3) is 0 Å². The molecule has 164 valence electrons. The summed E-state index contributed by atoms with van der Waals surface area (Å²) >= 11 is 0. The van der Waals surface area contributed by atoms with E-state index in [-0.39, 0.29) is 10.8 Å². The van der Waals surface area contributed by atoms with E-state index in [1.54, 1.807) is 6.20 Å². The highest BCUT2D eigenvalue weighted by atomic mass is 15.3. The fraction of sp³-hybridized carbons (Fsp3) is 0.444. The van der Waals surface area contributed by atoms with Crippen LogP contribution in [0.25, 0.3) is 0 Å². The van der Waals surface area contributed by atoms with E-state index in [9.17, 15) is 0 Å². The zero-order chi connectivity index (χ0) is 22.5. The van der Waals surface area contributed by atoms with E-state index >= 15 is 0 Å². The van der Waals surface area contributed by atoms with Gasteiger partial charge in [0, 0.05) is 18.6 Å². The molecule has 0 N–H and O–H groups in total. The van der Waals surface area contributed by atoms with Crippen molar-refractivity contribution in [3.8, 4) is 0 Å². The van der Waals surface area contributed by atoms with Gasteiger partial charge in [-0.3, -0.25) is 4.90 Å². The average Bonchev–Trinajstić information content (AvgIpc) is 2.75. The second-order valence-electron chi connectivity index (χ2n) is 9.60. The topological polar surface area (TPSA) is 41.9 Å². The highest BCUT2D eigenvalue weighted by molar-refractivity contribution is 5.69. The van der Waals surface area contributed by atoms with Crippen molar-refractivity contribution >= 4 is 17.5 Å². The molecule has 0 aromatic carbocycles. The van der Waals surface area contributed by atoms with Gasteiger partial charge in [-0.2, -0.15) is 0 Å². The van der Waals surface area contributed by atoms with Gasteiger partial charge < -0.3 is 0 Å². The molecule has 0 spiro atoms. The molecular weight excluding hydrogens is 380 g/mol. The Morgan fingerprint density at radius 1 is 0.645 bits per heavy atom. The number of hydrogen-bond donors (Lipinski definition) is 0. The third-order valence-corrected chi connectivity index (χ3v) is 6.15. The Morgan fingerprint density at radius 2 is 1.13 bits per heavy atom. The van der Waals surface area contributed by atoms with E-state index in [0.29, 0.717) is 0 Å². The molecule has 0 atom stereocenters. The summed E-state index contributed by atoms with van der Waals surface area (Å²) in [5.41, 5.74) is 2.73. The lowest BCUT2D eigenvalue weighted by atomic mass is 9.81. The van der Waals surface area contributed by atoms with Gasteiger partial charge in [-0.05, 0) is 59.1 Å². The average molecular weight is 417 g/mol. The molecule has 31 heavy (non-hydrogen) atoms. The van der Waals surface area contributed by atoms with Crippen LogP contribution in [0.1, 0.15) is 78.4 Å². The normalized spacial score (nSPS) is 12.1. The van der Waals surface area contributed by atoms with Gasteiger partial charge in [-0.15, -0.1) is 0 Å². The zero-order valence-corrected chi connectivity index (χ0v) is 19.9. The quantitative estimate of drug-likeness (QED) is 0.362. The molecule has 0 aliphatic rings. The van der Waals surface area contributed by atoms with Crippen LogP contribution in [-0.2, 0) is 10.8 Å². The van der Waals surface area contributed by atoms with Crippen molar-refractivity contribution in [2.45, 2.75) is 78.1 Å². The van der Waals surface area contributed by atoms with Crippen molar-refractivity contribution in [3.05, 3.63) is 72.2 Å². The molecule has 3 aromatic heterocycles. The lowest BCUT2D eigenvalue weighted by molar-refractivity contribution is 0.471. The molecular formula is C27H36N4. The summed E-state index contributed by atoms with van der Waals surface area (Å²) in [4.78, 5) is 16.3. The van der Waals surface area contributed by atoms with Crippen molar-refractivity contribution in [1.82, 2.24) is 15.0 Å². The molecule has 4 nitrogen and oxygen atoms in total. The van der Waals surface area contributed by atoms with Gasteiger partial charge in [-0.25, -0.2) is 15.0 Å². The van der Waals surface area contributed by atoms with Crippen LogP contribution in [0.5, 0.6) is 0 Å². The standard InChI is InChI=1S/C27H36N4/c1-7-16-26(3,4)21-12-14-24(29-19-21)31(23-11-9-10-18-28-23)25-15-13-22(20-30-25)27(5,6)17-8-2/h9-15,18-20H,7-8,16-17H2,1-6H3. The van der Waals surface area contributed by atoms with Crippen LogP contribution in [0.15, 0.2) is 61.1 Å². The number of anilines is 3. The van der Waals surface area contributed by atoms with E-state index in [1.807, 2.05) is 35.5 Å². The van der Waals surface area contributed by atoms with Crippen LogP contribution in [0.4, 0.5) is 17.5 Å². The number of hydrogen-bond acceptors (Lipinski definition) is 4. The Hall–Kier alpha value is -2.75. The highest BCUT2D eigenvalue weighted by Crippen LogP contribution is 2.34. The first-order valence-corrected chi connectivity index (χ1v) is 11.4. The predicted octanol–water partition coefficient (Wildman–Crippen LogP) is 7.50. The third kappa shape index (κ3) is 5.30. The largest absolute Gasteiger partial charge is 0.262 e. The van der Waals surface area contributed by atoms with Crippen molar-refractivity contribution in [2.75, 3.05) is 4.90 Å². The number of aromatic nitrogens is 3. The number of rotatable bonds is 9. The molecule has 3 heterocycles. The molecule has 0 bridgehead atoms. The Labute approximate surface area is 187 Å². The van der Waals surface area contributed by atoms with E-state index in [0.717, 1.165) is 43.1 Å². The summed E-state index contributed by atoms with van der Waals surface area (Å²) < 4.78 is 0. The van der Waals surface area contributed by atoms with Gasteiger partial charge in [0.1, 0.15) is 17.5 Å². The van der Waals surface area contributed by atoms with E-state index in [2.05, 4.69) is 70.8 Å². The molecule has 0 amide bonds. The minimum Gasteiger partial charge on any atom is -0.262 e. The maximum Gasteiger partial charge on any atom is 0.139 e. The Bertz CT molecular complexity index is 883. The molecule has 4 heteroatoms. The van der Waals surface area contributed by atoms with Crippen LogP contribution in [-0.4, -0.2) is 15.0 Å². The Balaban J connectivity index is 1.99. The van der Waals surface area contributed by atoms with Gasteiger partial charge >= 0.3 is 0 Å². The van der Waals surface area contributed by atoms with Crippen LogP contribution >= 0.6 is 0 Å². The van der Waals surface area contributed by atoms with E-state index < -0.39 is 0 Å². The predicted molar refractivity (Wildman–Crippen MR) is 130 cm³/mol. The molecule has 0 aliphatic heterocycles. The molecule has 0 unspecified atom stereocenters. The summed E-state index contributed by atoms with van der Waals surface area (Å²) in [5, 5.41) is 0. The van der Waals surface area contributed by atoms with Gasteiger partial charge in [0.15, 0.2) is 0 Å². The van der Waals surface area contributed by atoms with Gasteiger partial charge in [0.2, 0.25) is 0 Å². The van der Waals surface area contributed by atoms with Crippen LogP contribution in [0, 0.1) is 0 Å². The van der Waals surface area contributed by atoms with Crippen LogP contribution in [0.2, 0.25) is 0 Å². The Kier molecular flexibility index (Phi) is 7.09.